The van der Waals surface area contributed by atoms with Gasteiger partial charge in [0, 0.05) is 13.0 Å². The lowest BCUT2D eigenvalue weighted by atomic mass is 9.95. The number of alkyl carbamates (subject to hydrolysis) is 1. The molecule has 0 aliphatic heterocycles. The number of ether oxygens (including phenoxy) is 2. The van der Waals surface area contributed by atoms with E-state index in [9.17, 15) is 23.5 Å². The van der Waals surface area contributed by atoms with Crippen LogP contribution in [0.25, 0.3) is 0 Å². The van der Waals surface area contributed by atoms with Crippen molar-refractivity contribution in [3.8, 4) is 0 Å². The maximum atomic E-state index is 13.6. The van der Waals surface area contributed by atoms with E-state index in [2.05, 4.69) is 5.32 Å². The molecule has 1 aromatic rings. The van der Waals surface area contributed by atoms with Crippen LogP contribution < -0.4 is 5.32 Å². The van der Waals surface area contributed by atoms with Crippen LogP contribution in [-0.2, 0) is 20.7 Å². The van der Waals surface area contributed by atoms with Crippen LogP contribution in [0.4, 0.5) is 13.6 Å². The average Bonchev–Trinajstić information content (AvgIpc) is 2.54. The molecule has 8 heteroatoms. The van der Waals surface area contributed by atoms with Crippen LogP contribution in [0, 0.1) is 11.6 Å². The van der Waals surface area contributed by atoms with Crippen molar-refractivity contribution in [1.82, 2.24) is 5.32 Å². The maximum Gasteiger partial charge on any atom is 0.408 e. The number of hydrogen-bond acceptors (Lipinski definition) is 5. The van der Waals surface area contributed by atoms with Crippen LogP contribution in [0.1, 0.15) is 59.4 Å². The van der Waals surface area contributed by atoms with Gasteiger partial charge in [-0.25, -0.2) is 13.6 Å². The number of carbonyl (C=O) groups is 2. The Bertz CT molecular complexity index is 670. The molecule has 0 spiro atoms. The van der Waals surface area contributed by atoms with Crippen molar-refractivity contribution in [1.29, 1.82) is 0 Å². The Hall–Kier alpha value is -2.22. The Morgan fingerprint density at radius 1 is 1.17 bits per heavy atom. The van der Waals surface area contributed by atoms with Crippen molar-refractivity contribution in [2.45, 2.75) is 84.2 Å². The smallest absolute Gasteiger partial charge is 0.408 e. The minimum Gasteiger partial charge on any atom is -0.458 e. The third kappa shape index (κ3) is 9.69. The molecule has 0 aliphatic carbocycles. The van der Waals surface area contributed by atoms with E-state index in [1.165, 1.54) is 6.92 Å². The Balaban J connectivity index is 3.18. The second kappa shape index (κ2) is 11.1. The fourth-order valence-electron chi connectivity index (χ4n) is 2.89. The topological polar surface area (TPSA) is 84.9 Å². The Kier molecular flexibility index (Phi) is 9.49. The molecule has 3 atom stereocenters. The molecule has 0 aliphatic rings. The highest BCUT2D eigenvalue weighted by atomic mass is 19.1. The molecule has 0 bridgehead atoms. The summed E-state index contributed by atoms with van der Waals surface area (Å²) in [5.74, 6) is -2.19. The highest BCUT2D eigenvalue weighted by molar-refractivity contribution is 5.69. The lowest BCUT2D eigenvalue weighted by Gasteiger charge is -2.32. The Morgan fingerprint density at radius 3 is 2.24 bits per heavy atom. The van der Waals surface area contributed by atoms with Gasteiger partial charge in [-0.15, -0.1) is 0 Å². The van der Waals surface area contributed by atoms with E-state index in [4.69, 9.17) is 9.47 Å². The molecule has 1 rings (SSSR count). The summed E-state index contributed by atoms with van der Waals surface area (Å²) >= 11 is 0. The molecule has 0 fully saturated rings. The van der Waals surface area contributed by atoms with Crippen LogP contribution >= 0.6 is 0 Å². The lowest BCUT2D eigenvalue weighted by Crippen LogP contribution is -2.52. The van der Waals surface area contributed by atoms with Crippen molar-refractivity contribution in [3.63, 3.8) is 0 Å². The van der Waals surface area contributed by atoms with E-state index in [0.29, 0.717) is 12.8 Å². The van der Waals surface area contributed by atoms with Crippen LogP contribution in [0.15, 0.2) is 18.2 Å². The van der Waals surface area contributed by atoms with Crippen LogP contribution in [-0.4, -0.2) is 41.0 Å². The summed E-state index contributed by atoms with van der Waals surface area (Å²) in [7, 11) is 0. The second-order valence-electron chi connectivity index (χ2n) is 8.02. The maximum absolute atomic E-state index is 13.6. The quantitative estimate of drug-likeness (QED) is 0.598. The van der Waals surface area contributed by atoms with Crippen molar-refractivity contribution in [3.05, 3.63) is 35.4 Å². The van der Waals surface area contributed by atoms with Crippen molar-refractivity contribution in [2.75, 3.05) is 0 Å². The van der Waals surface area contributed by atoms with Crippen LogP contribution in [0.3, 0.4) is 0 Å². The molecule has 0 saturated carbocycles. The first-order valence-electron chi connectivity index (χ1n) is 9.71. The van der Waals surface area contributed by atoms with Crippen molar-refractivity contribution < 1.29 is 33.0 Å². The second-order valence-corrected chi connectivity index (χ2v) is 8.02. The zero-order valence-electron chi connectivity index (χ0n) is 17.6. The number of halogens is 2. The predicted octanol–water partition coefficient (Wildman–Crippen LogP) is 3.88. The summed E-state index contributed by atoms with van der Waals surface area (Å²) in [5, 5.41) is 13.2. The van der Waals surface area contributed by atoms with E-state index in [-0.39, 0.29) is 12.0 Å². The van der Waals surface area contributed by atoms with E-state index in [0.717, 1.165) is 24.6 Å². The summed E-state index contributed by atoms with van der Waals surface area (Å²) in [5.41, 5.74) is -0.541. The summed E-state index contributed by atoms with van der Waals surface area (Å²) < 4.78 is 37.8. The Labute approximate surface area is 170 Å². The standard InChI is InChI=1S/C21H31F2NO5/c1-6-7-8-18(26)19(28-13(2)25)17(24-20(27)29-21(3,4)5)11-14-9-15(22)12-16(23)10-14/h9-10,12,17-19,26H,6-8,11H2,1-5H3,(H,24,27)/t17?,18-,19+/m0/s1. The molecule has 29 heavy (non-hydrogen) atoms. The fourth-order valence-corrected chi connectivity index (χ4v) is 2.89. The summed E-state index contributed by atoms with van der Waals surface area (Å²) in [6, 6.07) is 2.02. The van der Waals surface area contributed by atoms with Gasteiger partial charge in [0.1, 0.15) is 23.3 Å². The zero-order chi connectivity index (χ0) is 22.2. The molecular weight excluding hydrogens is 384 g/mol. The number of unbranched alkanes of at least 4 members (excludes halogenated alkanes) is 1. The first kappa shape index (κ1) is 24.8. The number of amides is 1. The summed E-state index contributed by atoms with van der Waals surface area (Å²) in [6.07, 6.45) is -1.24. The average molecular weight is 415 g/mol. The van der Waals surface area contributed by atoms with E-state index in [1.807, 2.05) is 6.92 Å². The molecule has 6 nitrogen and oxygen atoms in total. The minimum absolute atomic E-state index is 0.0744. The predicted molar refractivity (Wildman–Crippen MR) is 104 cm³/mol. The van der Waals surface area contributed by atoms with Crippen molar-refractivity contribution >= 4 is 12.1 Å². The van der Waals surface area contributed by atoms with Gasteiger partial charge in [0.2, 0.25) is 0 Å². The number of hydrogen-bond donors (Lipinski definition) is 2. The molecule has 2 N–H and O–H groups in total. The third-order valence-corrected chi connectivity index (χ3v) is 4.01. The van der Waals surface area contributed by atoms with Crippen LogP contribution in [0.5, 0.6) is 0 Å². The molecule has 0 radical (unpaired) electrons. The number of esters is 1. The monoisotopic (exact) mass is 415 g/mol. The highest BCUT2D eigenvalue weighted by Crippen LogP contribution is 2.19. The number of aliphatic hydroxyl groups is 1. The summed E-state index contributed by atoms with van der Waals surface area (Å²) in [4.78, 5) is 23.9. The third-order valence-electron chi connectivity index (χ3n) is 4.01. The number of rotatable bonds is 9. The van der Waals surface area contributed by atoms with Gasteiger partial charge in [-0.3, -0.25) is 4.79 Å². The van der Waals surface area contributed by atoms with E-state index < -0.39 is 47.5 Å². The van der Waals surface area contributed by atoms with Gasteiger partial charge in [-0.2, -0.15) is 0 Å². The van der Waals surface area contributed by atoms with E-state index in [1.54, 1.807) is 20.8 Å². The first-order chi connectivity index (χ1) is 13.4. The van der Waals surface area contributed by atoms with Gasteiger partial charge in [-0.05, 0) is 51.3 Å². The highest BCUT2D eigenvalue weighted by Gasteiger charge is 2.33. The molecule has 1 amide bonds. The number of carbonyl (C=O) groups excluding carboxylic acids is 2. The van der Waals surface area contributed by atoms with Crippen LogP contribution in [0.2, 0.25) is 0 Å². The Morgan fingerprint density at radius 2 is 1.76 bits per heavy atom. The van der Waals surface area contributed by atoms with E-state index >= 15 is 0 Å². The van der Waals surface area contributed by atoms with Gasteiger partial charge in [0.15, 0.2) is 0 Å². The first-order valence-corrected chi connectivity index (χ1v) is 9.71. The van der Waals surface area contributed by atoms with Gasteiger partial charge in [0.05, 0.1) is 12.1 Å². The normalized spacial score (nSPS) is 14.6. The molecule has 0 heterocycles. The molecule has 0 aromatic heterocycles. The van der Waals surface area contributed by atoms with Gasteiger partial charge in [0.25, 0.3) is 0 Å². The number of nitrogens with one attached hydrogen (secondary N) is 1. The number of benzene rings is 1. The zero-order valence-corrected chi connectivity index (χ0v) is 17.6. The lowest BCUT2D eigenvalue weighted by molar-refractivity contribution is -0.155. The minimum atomic E-state index is -1.11. The molecule has 1 aromatic carbocycles. The van der Waals surface area contributed by atoms with Crippen molar-refractivity contribution in [2.24, 2.45) is 0 Å². The fraction of sp³-hybridized carbons (Fsp3) is 0.619. The largest absolute Gasteiger partial charge is 0.458 e. The van der Waals surface area contributed by atoms with Gasteiger partial charge >= 0.3 is 12.1 Å². The SMILES string of the molecule is CCCC[C@H](O)[C@H](OC(C)=O)C(Cc1cc(F)cc(F)c1)NC(=O)OC(C)(C)C. The molecule has 0 saturated heterocycles. The van der Waals surface area contributed by atoms with Gasteiger partial charge < -0.3 is 19.9 Å². The molecule has 164 valence electrons. The molecule has 1 unspecified atom stereocenters. The summed E-state index contributed by atoms with van der Waals surface area (Å²) in [6.45, 7) is 8.18. The van der Waals surface area contributed by atoms with Gasteiger partial charge in [-0.1, -0.05) is 19.8 Å². The molecular formula is C21H31F2NO5. The number of aliphatic hydroxyl groups excluding tert-OH is 1.